The zero-order valence-electron chi connectivity index (χ0n) is 25.3. The number of nitrogens with one attached hydrogen (secondary N) is 1. The molecule has 2 aromatic carbocycles. The number of H-pyrrole nitrogens is 1. The monoisotopic (exact) mass is 567 g/mol. The fourth-order valence-corrected chi connectivity index (χ4v) is 5.37. The minimum atomic E-state index is -0.0882. The van der Waals surface area contributed by atoms with Crippen molar-refractivity contribution in [3.8, 4) is 23.2 Å². The standard InChI is InChI=1S/C35H45N5O2/c1-3-4-5-6-7-8-9-10-11-12-13-17-24-42-32-22-20-29(21-23-32)34-37-35-33(25-36)30(27-40(35)38-34)26-39(28(2)41)31-18-15-14-16-19-31/h14-16,18-23,27H,3-13,17,24,26H2,1-2H3,(H,37,38). The lowest BCUT2D eigenvalue weighted by Gasteiger charge is -2.20. The van der Waals surface area contributed by atoms with Crippen LogP contribution < -0.4 is 9.64 Å². The maximum atomic E-state index is 12.4. The van der Waals surface area contributed by atoms with E-state index in [1.54, 1.807) is 9.42 Å². The second-order valence-electron chi connectivity index (χ2n) is 11.1. The Morgan fingerprint density at radius 1 is 0.905 bits per heavy atom. The Bertz CT molecular complexity index is 1420. The highest BCUT2D eigenvalue weighted by Gasteiger charge is 2.20. The van der Waals surface area contributed by atoms with Gasteiger partial charge in [0.05, 0.1) is 13.2 Å². The van der Waals surface area contributed by atoms with E-state index in [1.165, 1.54) is 77.6 Å². The second-order valence-corrected chi connectivity index (χ2v) is 11.1. The van der Waals surface area contributed by atoms with E-state index in [0.29, 0.717) is 23.6 Å². The minimum absolute atomic E-state index is 0.0882. The molecule has 0 fully saturated rings. The number of carbonyl (C=O) groups is 1. The first-order valence-corrected chi connectivity index (χ1v) is 15.7. The number of fused-ring (bicyclic) bond motifs is 1. The van der Waals surface area contributed by atoms with Crippen LogP contribution in [0, 0.1) is 11.3 Å². The predicted molar refractivity (Wildman–Crippen MR) is 170 cm³/mol. The van der Waals surface area contributed by atoms with Crippen LogP contribution in [0.25, 0.3) is 17.0 Å². The second kappa shape index (κ2) is 16.4. The van der Waals surface area contributed by atoms with E-state index >= 15 is 0 Å². The van der Waals surface area contributed by atoms with Crippen molar-refractivity contribution in [3.63, 3.8) is 0 Å². The Morgan fingerprint density at radius 2 is 1.52 bits per heavy atom. The van der Waals surface area contributed by atoms with Crippen molar-refractivity contribution in [1.82, 2.24) is 14.6 Å². The molecule has 0 bridgehead atoms. The minimum Gasteiger partial charge on any atom is -0.494 e. The van der Waals surface area contributed by atoms with E-state index in [-0.39, 0.29) is 5.91 Å². The van der Waals surface area contributed by atoms with Gasteiger partial charge in [0.1, 0.15) is 17.4 Å². The summed E-state index contributed by atoms with van der Waals surface area (Å²) >= 11 is 0. The number of hydrogen-bond acceptors (Lipinski definition) is 4. The molecule has 0 unspecified atom stereocenters. The number of para-hydroxylation sites is 1. The quantitative estimate of drug-likeness (QED) is 0.122. The van der Waals surface area contributed by atoms with Crippen molar-refractivity contribution in [1.29, 1.82) is 5.26 Å². The van der Waals surface area contributed by atoms with Gasteiger partial charge in [0, 0.05) is 29.9 Å². The molecule has 0 aliphatic heterocycles. The molecule has 4 rings (SSSR count). The summed E-state index contributed by atoms with van der Waals surface area (Å²) in [6.07, 6.45) is 17.8. The Hall–Kier alpha value is -4.05. The average Bonchev–Trinajstić information content (AvgIpc) is 3.56. The summed E-state index contributed by atoms with van der Waals surface area (Å²) in [6, 6.07) is 19.7. The van der Waals surface area contributed by atoms with Gasteiger partial charge in [-0.15, -0.1) is 5.10 Å². The number of aromatic nitrogens is 3. The van der Waals surface area contributed by atoms with Crippen LogP contribution in [0.15, 0.2) is 60.8 Å². The van der Waals surface area contributed by atoms with Crippen molar-refractivity contribution in [2.75, 3.05) is 11.5 Å². The zero-order valence-corrected chi connectivity index (χ0v) is 25.3. The van der Waals surface area contributed by atoms with Gasteiger partial charge in [-0.2, -0.15) is 5.26 Å². The first kappa shape index (κ1) is 30.9. The van der Waals surface area contributed by atoms with Crippen molar-refractivity contribution in [3.05, 3.63) is 71.9 Å². The van der Waals surface area contributed by atoms with Gasteiger partial charge in [-0.3, -0.25) is 4.79 Å². The molecule has 1 N–H and O–H groups in total. The molecule has 0 aliphatic rings. The van der Waals surface area contributed by atoms with Crippen LogP contribution >= 0.6 is 0 Å². The van der Waals surface area contributed by atoms with Crippen LogP contribution in [0.2, 0.25) is 0 Å². The lowest BCUT2D eigenvalue weighted by Crippen LogP contribution is -2.27. The van der Waals surface area contributed by atoms with E-state index in [2.05, 4.69) is 23.1 Å². The predicted octanol–water partition coefficient (Wildman–Crippen LogP) is 8.83. The molecule has 42 heavy (non-hydrogen) atoms. The fourth-order valence-electron chi connectivity index (χ4n) is 5.37. The number of unbranched alkanes of at least 4 members (excludes halogenated alkanes) is 11. The summed E-state index contributed by atoms with van der Waals surface area (Å²) in [6.45, 7) is 4.83. The molecule has 2 aromatic heterocycles. The SMILES string of the molecule is CCCCCCCCCCCCCCOc1ccc(-c2nn3cc(CN(C(C)=O)c4ccccc4)c(C#N)c3[nH]2)cc1. The van der Waals surface area contributed by atoms with E-state index in [0.717, 1.165) is 35.6 Å². The topological polar surface area (TPSA) is 86.4 Å². The molecule has 0 atom stereocenters. The van der Waals surface area contributed by atoms with Crippen LogP contribution in [-0.4, -0.2) is 27.1 Å². The van der Waals surface area contributed by atoms with Crippen LogP contribution in [0.4, 0.5) is 5.69 Å². The third kappa shape index (κ3) is 8.72. The summed E-state index contributed by atoms with van der Waals surface area (Å²) in [5.74, 6) is 1.44. The molecule has 0 radical (unpaired) electrons. The van der Waals surface area contributed by atoms with Gasteiger partial charge >= 0.3 is 0 Å². The normalized spacial score (nSPS) is 11.1. The molecule has 4 aromatic rings. The molecule has 222 valence electrons. The van der Waals surface area contributed by atoms with Crippen LogP contribution in [0.5, 0.6) is 5.75 Å². The number of ether oxygens (including phenoxy) is 1. The van der Waals surface area contributed by atoms with Gasteiger partial charge in [-0.25, -0.2) is 4.52 Å². The van der Waals surface area contributed by atoms with Crippen molar-refractivity contribution in [2.24, 2.45) is 0 Å². The number of amides is 1. The Labute approximate surface area is 250 Å². The van der Waals surface area contributed by atoms with E-state index < -0.39 is 0 Å². The summed E-state index contributed by atoms with van der Waals surface area (Å²) < 4.78 is 7.65. The Balaban J connectivity index is 1.23. The van der Waals surface area contributed by atoms with Gasteiger partial charge in [-0.1, -0.05) is 95.8 Å². The molecule has 0 saturated carbocycles. The smallest absolute Gasteiger partial charge is 0.224 e. The largest absolute Gasteiger partial charge is 0.494 e. The number of hydrogen-bond donors (Lipinski definition) is 1. The summed E-state index contributed by atoms with van der Waals surface area (Å²) in [5.41, 5.74) is 3.54. The van der Waals surface area contributed by atoms with Crippen LogP contribution in [0.1, 0.15) is 102 Å². The van der Waals surface area contributed by atoms with Crippen molar-refractivity contribution >= 4 is 17.2 Å². The zero-order chi connectivity index (χ0) is 29.6. The van der Waals surface area contributed by atoms with Gasteiger partial charge in [-0.05, 0) is 42.8 Å². The molecule has 0 aliphatic carbocycles. The molecule has 1 amide bonds. The molecule has 0 saturated heterocycles. The van der Waals surface area contributed by atoms with Crippen molar-refractivity contribution < 1.29 is 9.53 Å². The number of nitriles is 1. The molecule has 0 spiro atoms. The van der Waals surface area contributed by atoms with E-state index in [1.807, 2.05) is 60.8 Å². The summed E-state index contributed by atoms with van der Waals surface area (Å²) in [4.78, 5) is 17.3. The molecule has 7 nitrogen and oxygen atoms in total. The van der Waals surface area contributed by atoms with Crippen LogP contribution in [-0.2, 0) is 11.3 Å². The Kier molecular flexibility index (Phi) is 12.1. The highest BCUT2D eigenvalue weighted by atomic mass is 16.5. The number of anilines is 1. The first-order valence-electron chi connectivity index (χ1n) is 15.7. The molecule has 2 heterocycles. The number of rotatable bonds is 18. The first-order chi connectivity index (χ1) is 20.6. The molecular formula is C35H45N5O2. The summed E-state index contributed by atoms with van der Waals surface area (Å²) in [5, 5.41) is 14.6. The Morgan fingerprint density at radius 3 is 2.12 bits per heavy atom. The number of aromatic amines is 1. The number of carbonyl (C=O) groups excluding carboxylic acids is 1. The van der Waals surface area contributed by atoms with Gasteiger partial charge < -0.3 is 14.6 Å². The van der Waals surface area contributed by atoms with E-state index in [4.69, 9.17) is 4.74 Å². The molecular weight excluding hydrogens is 522 g/mol. The maximum Gasteiger partial charge on any atom is 0.224 e. The third-order valence-corrected chi connectivity index (χ3v) is 7.79. The highest BCUT2D eigenvalue weighted by Crippen LogP contribution is 2.26. The number of nitrogens with zero attached hydrogens (tertiary/aromatic N) is 4. The summed E-state index contributed by atoms with van der Waals surface area (Å²) in [7, 11) is 0. The lowest BCUT2D eigenvalue weighted by molar-refractivity contribution is -0.116. The average molecular weight is 568 g/mol. The number of benzene rings is 2. The van der Waals surface area contributed by atoms with Gasteiger partial charge in [0.2, 0.25) is 5.91 Å². The van der Waals surface area contributed by atoms with Gasteiger partial charge in [0.25, 0.3) is 0 Å². The fraction of sp³-hybridized carbons (Fsp3) is 0.457. The lowest BCUT2D eigenvalue weighted by atomic mass is 10.1. The molecule has 7 heteroatoms. The third-order valence-electron chi connectivity index (χ3n) is 7.79. The van der Waals surface area contributed by atoms with E-state index in [9.17, 15) is 10.1 Å². The van der Waals surface area contributed by atoms with Crippen molar-refractivity contribution in [2.45, 2.75) is 97.4 Å². The highest BCUT2D eigenvalue weighted by molar-refractivity contribution is 5.91. The van der Waals surface area contributed by atoms with Crippen LogP contribution in [0.3, 0.4) is 0 Å². The van der Waals surface area contributed by atoms with Gasteiger partial charge in [0.15, 0.2) is 11.5 Å². The maximum absolute atomic E-state index is 12.4.